The lowest BCUT2D eigenvalue weighted by atomic mass is 10.1. The van der Waals surface area contributed by atoms with Gasteiger partial charge >= 0.3 is 0 Å². The molecule has 7 heteroatoms. The average molecular weight is 380 g/mol. The Morgan fingerprint density at radius 1 is 1.07 bits per heavy atom. The van der Waals surface area contributed by atoms with Crippen LogP contribution in [0.3, 0.4) is 0 Å². The summed E-state index contributed by atoms with van der Waals surface area (Å²) in [6.45, 7) is 6.91. The van der Waals surface area contributed by atoms with Gasteiger partial charge in [-0.3, -0.25) is 4.79 Å². The normalized spacial score (nSPS) is 11.7. The fourth-order valence-corrected chi connectivity index (χ4v) is 2.81. The van der Waals surface area contributed by atoms with Crippen molar-refractivity contribution in [1.29, 1.82) is 0 Å². The molecular formula is C21H24N4O3. The summed E-state index contributed by atoms with van der Waals surface area (Å²) < 4.78 is 12.9. The molecule has 0 aliphatic rings. The van der Waals surface area contributed by atoms with Gasteiger partial charge in [-0.1, -0.05) is 6.07 Å². The van der Waals surface area contributed by atoms with Crippen molar-refractivity contribution in [3.8, 4) is 17.2 Å². The van der Waals surface area contributed by atoms with Gasteiger partial charge in [0.25, 0.3) is 5.91 Å². The number of carbonyl (C=O) groups excluding carboxylic acids is 1. The minimum atomic E-state index is -0.183. The molecule has 1 unspecified atom stereocenters. The van der Waals surface area contributed by atoms with E-state index >= 15 is 0 Å². The molecule has 3 rings (SSSR count). The summed E-state index contributed by atoms with van der Waals surface area (Å²) in [5, 5.41) is 7.09. The molecule has 2 aromatic carbocycles. The van der Waals surface area contributed by atoms with E-state index in [0.717, 1.165) is 11.3 Å². The summed E-state index contributed by atoms with van der Waals surface area (Å²) in [6, 6.07) is 12.7. The first kappa shape index (κ1) is 19.4. The van der Waals surface area contributed by atoms with Crippen molar-refractivity contribution in [3.05, 3.63) is 66.2 Å². The van der Waals surface area contributed by atoms with Crippen LogP contribution in [0.1, 0.15) is 42.7 Å². The molecular weight excluding hydrogens is 356 g/mol. The van der Waals surface area contributed by atoms with Gasteiger partial charge in [0.2, 0.25) is 0 Å². The highest BCUT2D eigenvalue weighted by Gasteiger charge is 2.14. The Kier molecular flexibility index (Phi) is 6.26. The maximum absolute atomic E-state index is 12.6. The number of hydrogen-bond acceptors (Lipinski definition) is 5. The van der Waals surface area contributed by atoms with Crippen LogP contribution in [0.4, 0.5) is 0 Å². The van der Waals surface area contributed by atoms with Crippen LogP contribution in [-0.4, -0.2) is 33.9 Å². The lowest BCUT2D eigenvalue weighted by molar-refractivity contribution is 0.0940. The lowest BCUT2D eigenvalue weighted by Gasteiger charge is -2.17. The van der Waals surface area contributed by atoms with E-state index in [0.29, 0.717) is 30.3 Å². The van der Waals surface area contributed by atoms with E-state index < -0.39 is 0 Å². The van der Waals surface area contributed by atoms with Gasteiger partial charge in [-0.05, 0) is 62.7 Å². The molecule has 7 nitrogen and oxygen atoms in total. The van der Waals surface area contributed by atoms with Crippen molar-refractivity contribution in [2.45, 2.75) is 26.8 Å². The first-order chi connectivity index (χ1) is 13.6. The van der Waals surface area contributed by atoms with Crippen LogP contribution in [0.5, 0.6) is 11.5 Å². The maximum atomic E-state index is 12.6. The summed E-state index contributed by atoms with van der Waals surface area (Å²) in [5.41, 5.74) is 2.36. The van der Waals surface area contributed by atoms with Crippen LogP contribution in [0.15, 0.2) is 55.1 Å². The fourth-order valence-electron chi connectivity index (χ4n) is 2.81. The van der Waals surface area contributed by atoms with E-state index in [1.54, 1.807) is 23.1 Å². The van der Waals surface area contributed by atoms with Gasteiger partial charge in [0, 0.05) is 5.56 Å². The van der Waals surface area contributed by atoms with Gasteiger partial charge in [-0.15, -0.1) is 0 Å². The molecule has 28 heavy (non-hydrogen) atoms. The summed E-state index contributed by atoms with van der Waals surface area (Å²) >= 11 is 0. The predicted octanol–water partition coefficient (Wildman–Crippen LogP) is 3.56. The lowest BCUT2D eigenvalue weighted by Crippen LogP contribution is -2.26. The van der Waals surface area contributed by atoms with Gasteiger partial charge < -0.3 is 14.8 Å². The Hall–Kier alpha value is -3.35. The van der Waals surface area contributed by atoms with Crippen LogP contribution in [0.25, 0.3) is 5.69 Å². The third-order valence-corrected chi connectivity index (χ3v) is 4.23. The third-order valence-electron chi connectivity index (χ3n) is 4.23. The number of nitrogens with zero attached hydrogens (tertiary/aromatic N) is 3. The Labute approximate surface area is 164 Å². The zero-order valence-corrected chi connectivity index (χ0v) is 16.3. The predicted molar refractivity (Wildman–Crippen MR) is 106 cm³/mol. The smallest absolute Gasteiger partial charge is 0.251 e. The number of hydrogen-bond donors (Lipinski definition) is 1. The van der Waals surface area contributed by atoms with Gasteiger partial charge in [-0.2, -0.15) is 5.10 Å². The second kappa shape index (κ2) is 9.03. The zero-order valence-electron chi connectivity index (χ0n) is 16.3. The molecule has 0 radical (unpaired) electrons. The van der Waals surface area contributed by atoms with E-state index in [-0.39, 0.29) is 11.9 Å². The monoisotopic (exact) mass is 380 g/mol. The molecule has 146 valence electrons. The Morgan fingerprint density at radius 2 is 1.79 bits per heavy atom. The molecule has 3 aromatic rings. The summed E-state index contributed by atoms with van der Waals surface area (Å²) in [4.78, 5) is 16.5. The van der Waals surface area contributed by atoms with Gasteiger partial charge in [0.15, 0.2) is 11.5 Å². The van der Waals surface area contributed by atoms with Crippen molar-refractivity contribution in [2.24, 2.45) is 0 Å². The van der Waals surface area contributed by atoms with Crippen molar-refractivity contribution in [3.63, 3.8) is 0 Å². The number of aromatic nitrogens is 3. The maximum Gasteiger partial charge on any atom is 0.251 e. The van der Waals surface area contributed by atoms with Crippen LogP contribution in [0.2, 0.25) is 0 Å². The Bertz CT molecular complexity index is 908. The van der Waals surface area contributed by atoms with E-state index in [1.807, 2.05) is 51.1 Å². The largest absolute Gasteiger partial charge is 0.490 e. The number of carbonyl (C=O) groups is 1. The SMILES string of the molecule is CCOc1ccc(C(C)NC(=O)c2ccc(-n3cncn3)cc2)cc1OCC. The molecule has 1 heterocycles. The minimum absolute atomic E-state index is 0.149. The molecule has 0 saturated carbocycles. The highest BCUT2D eigenvalue weighted by molar-refractivity contribution is 5.94. The van der Waals surface area contributed by atoms with Gasteiger partial charge in [0.05, 0.1) is 24.9 Å². The second-order valence-electron chi connectivity index (χ2n) is 6.15. The average Bonchev–Trinajstić information content (AvgIpc) is 3.24. The second-order valence-corrected chi connectivity index (χ2v) is 6.15. The molecule has 0 saturated heterocycles. The zero-order chi connectivity index (χ0) is 19.9. The van der Waals surface area contributed by atoms with Crippen molar-refractivity contribution in [2.75, 3.05) is 13.2 Å². The topological polar surface area (TPSA) is 78.3 Å². The highest BCUT2D eigenvalue weighted by Crippen LogP contribution is 2.30. The quantitative estimate of drug-likeness (QED) is 0.646. The van der Waals surface area contributed by atoms with Gasteiger partial charge in [0.1, 0.15) is 12.7 Å². The standard InChI is InChI=1S/C21H24N4O3/c1-4-27-19-11-8-17(12-20(19)28-5-2)15(3)24-21(26)16-6-9-18(10-7-16)25-14-22-13-23-25/h6-15H,4-5H2,1-3H3,(H,24,26). The van der Waals surface area contributed by atoms with Crippen LogP contribution in [0, 0.1) is 0 Å². The van der Waals surface area contributed by atoms with Crippen LogP contribution in [-0.2, 0) is 0 Å². The van der Waals surface area contributed by atoms with E-state index in [4.69, 9.17) is 9.47 Å². The number of benzene rings is 2. The van der Waals surface area contributed by atoms with Crippen molar-refractivity contribution >= 4 is 5.91 Å². The van der Waals surface area contributed by atoms with Gasteiger partial charge in [-0.25, -0.2) is 9.67 Å². The van der Waals surface area contributed by atoms with Crippen molar-refractivity contribution in [1.82, 2.24) is 20.1 Å². The van der Waals surface area contributed by atoms with Crippen molar-refractivity contribution < 1.29 is 14.3 Å². The summed E-state index contributed by atoms with van der Waals surface area (Å²) in [6.07, 6.45) is 3.08. The number of amides is 1. The molecule has 0 bridgehead atoms. The molecule has 1 amide bonds. The third kappa shape index (κ3) is 4.49. The first-order valence-corrected chi connectivity index (χ1v) is 9.27. The highest BCUT2D eigenvalue weighted by atomic mass is 16.5. The number of ether oxygens (including phenoxy) is 2. The molecule has 0 aliphatic carbocycles. The molecule has 0 aliphatic heterocycles. The van der Waals surface area contributed by atoms with Crippen LogP contribution >= 0.6 is 0 Å². The van der Waals surface area contributed by atoms with E-state index in [9.17, 15) is 4.79 Å². The number of nitrogens with one attached hydrogen (secondary N) is 1. The molecule has 1 aromatic heterocycles. The molecule has 0 spiro atoms. The number of rotatable bonds is 8. The van der Waals surface area contributed by atoms with Crippen LogP contribution < -0.4 is 14.8 Å². The molecule has 1 N–H and O–H groups in total. The molecule has 0 fully saturated rings. The summed E-state index contributed by atoms with van der Waals surface area (Å²) in [5.74, 6) is 1.24. The molecule has 1 atom stereocenters. The Morgan fingerprint density at radius 3 is 2.43 bits per heavy atom. The minimum Gasteiger partial charge on any atom is -0.490 e. The van der Waals surface area contributed by atoms with E-state index in [2.05, 4.69) is 15.4 Å². The van der Waals surface area contributed by atoms with E-state index in [1.165, 1.54) is 6.33 Å². The Balaban J connectivity index is 1.70. The summed E-state index contributed by atoms with van der Waals surface area (Å²) in [7, 11) is 0. The first-order valence-electron chi connectivity index (χ1n) is 9.27. The fraction of sp³-hybridized carbons (Fsp3) is 0.286.